The molecule has 3 heterocycles. The molecular weight excluding hydrogens is 374 g/mol. The van der Waals surface area contributed by atoms with Gasteiger partial charge in [-0.25, -0.2) is 9.97 Å². The first-order valence-electron chi connectivity index (χ1n) is 8.96. The van der Waals surface area contributed by atoms with Crippen LogP contribution < -0.4 is 10.9 Å². The van der Waals surface area contributed by atoms with Gasteiger partial charge in [-0.05, 0) is 24.6 Å². The predicted molar refractivity (Wildman–Crippen MR) is 107 cm³/mol. The van der Waals surface area contributed by atoms with E-state index in [0.717, 1.165) is 11.3 Å². The molecule has 0 fully saturated rings. The number of nitrogens with one attached hydrogen (secondary N) is 2. The molecule has 0 spiro atoms. The Morgan fingerprint density at radius 3 is 2.79 bits per heavy atom. The summed E-state index contributed by atoms with van der Waals surface area (Å²) in [4.78, 5) is 36.9. The Balaban J connectivity index is 1.64. The molecule has 0 radical (unpaired) electrons. The molecule has 2 N–H and O–H groups in total. The highest BCUT2D eigenvalue weighted by Crippen LogP contribution is 2.23. The number of fused-ring (bicyclic) bond motifs is 1. The summed E-state index contributed by atoms with van der Waals surface area (Å²) < 4.78 is 12.0. The van der Waals surface area contributed by atoms with Crippen molar-refractivity contribution in [2.24, 2.45) is 0 Å². The molecule has 4 rings (SSSR count). The summed E-state index contributed by atoms with van der Waals surface area (Å²) in [5.41, 5.74) is 2.39. The third-order valence-electron chi connectivity index (χ3n) is 4.57. The second kappa shape index (κ2) is 7.72. The number of rotatable bonds is 6. The van der Waals surface area contributed by atoms with E-state index >= 15 is 0 Å². The maximum Gasteiger partial charge on any atom is 0.265 e. The fourth-order valence-corrected chi connectivity index (χ4v) is 3.10. The van der Waals surface area contributed by atoms with E-state index < -0.39 is 5.91 Å². The number of methoxy groups -OCH3 is 1. The van der Waals surface area contributed by atoms with Gasteiger partial charge in [0.2, 0.25) is 5.71 Å². The van der Waals surface area contributed by atoms with Crippen molar-refractivity contribution in [1.82, 2.24) is 19.5 Å². The zero-order valence-electron chi connectivity index (χ0n) is 15.9. The highest BCUT2D eigenvalue weighted by molar-refractivity contribution is 6.12. The topological polar surface area (TPSA) is 115 Å². The molecule has 0 atom stereocenters. The molecule has 4 aromatic rings. The van der Waals surface area contributed by atoms with Gasteiger partial charge in [-0.1, -0.05) is 12.1 Å². The number of aryl methyl sites for hydroxylation is 1. The number of hydrogen-bond donors (Lipinski definition) is 2. The van der Waals surface area contributed by atoms with Gasteiger partial charge in [0.05, 0.1) is 36.9 Å². The Bertz CT molecular complexity index is 1210. The van der Waals surface area contributed by atoms with Crippen molar-refractivity contribution in [1.29, 1.82) is 0 Å². The smallest absolute Gasteiger partial charge is 0.265 e. The molecule has 9 heteroatoms. The summed E-state index contributed by atoms with van der Waals surface area (Å²) in [6, 6.07) is 7.28. The van der Waals surface area contributed by atoms with Crippen molar-refractivity contribution in [3.05, 3.63) is 64.8 Å². The lowest BCUT2D eigenvalue weighted by molar-refractivity contribution is 0.102. The zero-order valence-corrected chi connectivity index (χ0v) is 15.9. The van der Waals surface area contributed by atoms with Crippen LogP contribution in [-0.2, 0) is 11.3 Å². The third kappa shape index (κ3) is 3.55. The Labute approximate surface area is 165 Å². The number of ether oxygens (including phenoxy) is 1. The first-order chi connectivity index (χ1) is 14.1. The minimum Gasteiger partial charge on any atom is -0.442 e. The van der Waals surface area contributed by atoms with E-state index in [1.54, 1.807) is 38.7 Å². The van der Waals surface area contributed by atoms with Gasteiger partial charge in [-0.2, -0.15) is 0 Å². The highest BCUT2D eigenvalue weighted by atomic mass is 16.5. The van der Waals surface area contributed by atoms with Gasteiger partial charge in [0.1, 0.15) is 17.5 Å². The van der Waals surface area contributed by atoms with E-state index in [-0.39, 0.29) is 22.2 Å². The monoisotopic (exact) mass is 393 g/mol. The van der Waals surface area contributed by atoms with Crippen LogP contribution in [0.3, 0.4) is 0 Å². The number of H-pyrrole nitrogens is 1. The van der Waals surface area contributed by atoms with E-state index in [2.05, 4.69) is 20.3 Å². The number of hydrogen-bond acceptors (Lipinski definition) is 6. The molecule has 1 amide bonds. The Hall–Kier alpha value is -3.72. The van der Waals surface area contributed by atoms with E-state index in [1.165, 1.54) is 10.9 Å². The lowest BCUT2D eigenvalue weighted by Gasteiger charge is -2.07. The number of nitrogens with zero attached hydrogens (tertiary/aromatic N) is 3. The van der Waals surface area contributed by atoms with Gasteiger partial charge in [0.15, 0.2) is 0 Å². The van der Waals surface area contributed by atoms with Crippen LogP contribution in [0.4, 0.5) is 5.69 Å². The van der Waals surface area contributed by atoms with Crippen LogP contribution in [0.1, 0.15) is 16.1 Å². The number of anilines is 1. The Kier molecular flexibility index (Phi) is 4.96. The van der Waals surface area contributed by atoms with Gasteiger partial charge in [-0.15, -0.1) is 0 Å². The van der Waals surface area contributed by atoms with Crippen LogP contribution in [0.15, 0.2) is 52.3 Å². The average Bonchev–Trinajstić information content (AvgIpc) is 3.36. The quantitative estimate of drug-likeness (QED) is 0.520. The molecule has 0 unspecified atom stereocenters. The molecule has 3 aromatic heterocycles. The van der Waals surface area contributed by atoms with Crippen LogP contribution in [0.25, 0.3) is 22.4 Å². The van der Waals surface area contributed by atoms with Gasteiger partial charge in [-0.3, -0.25) is 14.2 Å². The maximum absolute atomic E-state index is 12.9. The van der Waals surface area contributed by atoms with Crippen molar-refractivity contribution in [3.63, 3.8) is 0 Å². The van der Waals surface area contributed by atoms with Crippen molar-refractivity contribution in [2.45, 2.75) is 13.5 Å². The van der Waals surface area contributed by atoms with Gasteiger partial charge >= 0.3 is 0 Å². The van der Waals surface area contributed by atoms with Crippen LogP contribution >= 0.6 is 0 Å². The second-order valence-corrected chi connectivity index (χ2v) is 6.45. The van der Waals surface area contributed by atoms with Crippen LogP contribution in [-0.4, -0.2) is 39.1 Å². The summed E-state index contributed by atoms with van der Waals surface area (Å²) in [6.07, 6.45) is 4.71. The molecule has 0 aliphatic carbocycles. The molecule has 0 saturated heterocycles. The standard InChI is InChI=1S/C20H19N5O4/c1-12-16(17-19(29-12)23-11-25(20(17)27)7-8-28-2)18(26)24-14-5-3-13(4-6-14)15-9-21-10-22-15/h3-6,9-11H,7-8H2,1-2H3,(H,21,22)(H,24,26). The van der Waals surface area contributed by atoms with E-state index in [0.29, 0.717) is 24.6 Å². The van der Waals surface area contributed by atoms with E-state index in [1.807, 2.05) is 12.1 Å². The lowest BCUT2D eigenvalue weighted by Crippen LogP contribution is -2.24. The Morgan fingerprint density at radius 1 is 1.31 bits per heavy atom. The molecule has 0 saturated carbocycles. The van der Waals surface area contributed by atoms with Crippen molar-refractivity contribution in [2.75, 3.05) is 19.0 Å². The van der Waals surface area contributed by atoms with Crippen molar-refractivity contribution >= 4 is 22.7 Å². The lowest BCUT2D eigenvalue weighted by atomic mass is 10.1. The first kappa shape index (κ1) is 18.6. The SMILES string of the molecule is COCCn1cnc2oc(C)c(C(=O)Nc3ccc(-c4cnc[nH]4)cc3)c2c1=O. The summed E-state index contributed by atoms with van der Waals surface area (Å²) in [6.45, 7) is 2.32. The second-order valence-electron chi connectivity index (χ2n) is 6.45. The number of amides is 1. The average molecular weight is 393 g/mol. The molecule has 29 heavy (non-hydrogen) atoms. The van der Waals surface area contributed by atoms with Gasteiger partial charge in [0.25, 0.3) is 11.5 Å². The Morgan fingerprint density at radius 2 is 2.10 bits per heavy atom. The summed E-state index contributed by atoms with van der Waals surface area (Å²) in [5, 5.41) is 2.97. The molecule has 0 aliphatic rings. The number of aromatic nitrogens is 4. The zero-order chi connectivity index (χ0) is 20.4. The summed E-state index contributed by atoms with van der Waals surface area (Å²) in [5.74, 6) is -0.0976. The van der Waals surface area contributed by atoms with Gasteiger partial charge in [0, 0.05) is 12.8 Å². The van der Waals surface area contributed by atoms with Crippen LogP contribution in [0, 0.1) is 6.92 Å². The van der Waals surface area contributed by atoms with E-state index in [4.69, 9.17) is 9.15 Å². The van der Waals surface area contributed by atoms with Crippen molar-refractivity contribution in [3.8, 4) is 11.3 Å². The largest absolute Gasteiger partial charge is 0.442 e. The number of aromatic amines is 1. The van der Waals surface area contributed by atoms with Crippen molar-refractivity contribution < 1.29 is 13.9 Å². The predicted octanol–water partition coefficient (Wildman–Crippen LogP) is 2.59. The van der Waals surface area contributed by atoms with E-state index in [9.17, 15) is 9.59 Å². The highest BCUT2D eigenvalue weighted by Gasteiger charge is 2.23. The van der Waals surface area contributed by atoms with Gasteiger partial charge < -0.3 is 19.5 Å². The van der Waals surface area contributed by atoms with Crippen LogP contribution in [0.5, 0.6) is 0 Å². The first-order valence-corrected chi connectivity index (χ1v) is 8.96. The fraction of sp³-hybridized carbons (Fsp3) is 0.200. The molecule has 9 nitrogen and oxygen atoms in total. The molecule has 148 valence electrons. The number of carbonyl (C=O) groups is 1. The number of benzene rings is 1. The van der Waals surface area contributed by atoms with Crippen LogP contribution in [0.2, 0.25) is 0 Å². The summed E-state index contributed by atoms with van der Waals surface area (Å²) >= 11 is 0. The normalized spacial score (nSPS) is 11.1. The maximum atomic E-state index is 12.9. The number of imidazole rings is 1. The molecule has 0 bridgehead atoms. The summed E-state index contributed by atoms with van der Waals surface area (Å²) in [7, 11) is 1.55. The fourth-order valence-electron chi connectivity index (χ4n) is 3.10. The third-order valence-corrected chi connectivity index (χ3v) is 4.57. The molecule has 0 aliphatic heterocycles. The minimum atomic E-state index is -0.432. The molecular formula is C20H19N5O4. The number of furan rings is 1. The minimum absolute atomic E-state index is 0.140. The molecule has 1 aromatic carbocycles. The number of carbonyl (C=O) groups excluding carboxylic acids is 1.